The summed E-state index contributed by atoms with van der Waals surface area (Å²) < 4.78 is 33.7. The van der Waals surface area contributed by atoms with E-state index in [2.05, 4.69) is 20.9 Å². The van der Waals surface area contributed by atoms with E-state index in [1.54, 1.807) is 29.4 Å². The molecule has 0 aliphatic carbocycles. The van der Waals surface area contributed by atoms with Gasteiger partial charge >= 0.3 is 0 Å². The Morgan fingerprint density at radius 3 is 2.73 bits per heavy atom. The third-order valence-corrected chi connectivity index (χ3v) is 7.35. The second-order valence-electron chi connectivity index (χ2n) is 9.27. The van der Waals surface area contributed by atoms with Gasteiger partial charge in [0.25, 0.3) is 0 Å². The number of fused-ring (bicyclic) bond motifs is 3. The molecule has 1 aliphatic rings. The molecule has 0 bridgehead atoms. The topological polar surface area (TPSA) is 84.3 Å². The van der Waals surface area contributed by atoms with Crippen molar-refractivity contribution in [2.24, 2.45) is 0 Å². The quantitative estimate of drug-likeness (QED) is 0.321. The lowest BCUT2D eigenvalue weighted by Crippen LogP contribution is -2.38. The molecule has 1 N–H and O–H groups in total. The van der Waals surface area contributed by atoms with E-state index in [1.807, 2.05) is 6.92 Å². The number of imidazole rings is 2. The van der Waals surface area contributed by atoms with E-state index in [1.165, 1.54) is 24.3 Å². The number of nitrogens with one attached hydrogen (secondary N) is 1. The summed E-state index contributed by atoms with van der Waals surface area (Å²) in [5.74, 6) is 0.145. The van der Waals surface area contributed by atoms with Crippen molar-refractivity contribution in [3.8, 4) is 23.0 Å². The van der Waals surface area contributed by atoms with Gasteiger partial charge in [-0.25, -0.2) is 23.7 Å². The van der Waals surface area contributed by atoms with E-state index in [0.717, 1.165) is 24.9 Å². The first kappa shape index (κ1) is 23.5. The van der Waals surface area contributed by atoms with Gasteiger partial charge in [0.1, 0.15) is 22.7 Å². The van der Waals surface area contributed by atoms with Crippen LogP contribution in [0.5, 0.6) is 0 Å². The zero-order valence-electron chi connectivity index (χ0n) is 19.9. The Morgan fingerprint density at radius 1 is 1.19 bits per heavy atom. The minimum absolute atomic E-state index is 0.0607. The third kappa shape index (κ3) is 3.93. The fourth-order valence-corrected chi connectivity index (χ4v) is 5.58. The summed E-state index contributed by atoms with van der Waals surface area (Å²) in [4.78, 5) is 13.8. The fraction of sp³-hybridized carbons (Fsp3) is 0.259. The number of nitriles is 1. The van der Waals surface area contributed by atoms with Crippen LogP contribution in [0.2, 0.25) is 5.02 Å². The van der Waals surface area contributed by atoms with Crippen LogP contribution in [0.15, 0.2) is 49.1 Å². The first-order valence-corrected chi connectivity index (χ1v) is 12.4. The van der Waals surface area contributed by atoms with Crippen molar-refractivity contribution < 1.29 is 8.78 Å². The highest BCUT2D eigenvalue weighted by Gasteiger charge is 2.28. The van der Waals surface area contributed by atoms with Gasteiger partial charge in [-0.15, -0.1) is 0 Å². The summed E-state index contributed by atoms with van der Waals surface area (Å²) in [5.41, 5.74) is 2.09. The Labute approximate surface area is 216 Å². The van der Waals surface area contributed by atoms with Crippen LogP contribution in [0.1, 0.15) is 31.1 Å². The summed E-state index contributed by atoms with van der Waals surface area (Å²) in [5, 5.41) is 13.3. The first-order chi connectivity index (χ1) is 18.0. The zero-order valence-corrected chi connectivity index (χ0v) is 20.7. The number of piperidine rings is 1. The summed E-state index contributed by atoms with van der Waals surface area (Å²) in [6.45, 7) is 2.60. The van der Waals surface area contributed by atoms with Crippen LogP contribution in [0.25, 0.3) is 38.9 Å². The molecule has 37 heavy (non-hydrogen) atoms. The third-order valence-electron chi connectivity index (χ3n) is 7.06. The summed E-state index contributed by atoms with van der Waals surface area (Å²) in [6, 6.07) is 9.63. The number of aromatic nitrogens is 5. The predicted octanol–water partition coefficient (Wildman–Crippen LogP) is 5.88. The summed E-state index contributed by atoms with van der Waals surface area (Å²) in [6.07, 6.45) is 7.18. The Bertz CT molecular complexity index is 1680. The molecule has 3 aromatic heterocycles. The van der Waals surface area contributed by atoms with E-state index in [0.29, 0.717) is 34.5 Å². The SMILES string of the molecule is Cc1nccn1-c1nc2c(F)c(-c3ccc(F)cc3)c(Cl)cc2c2c1ncn2[C@H]1CCN[C@H](CC#N)C1. The molecule has 6 rings (SSSR count). The maximum atomic E-state index is 16.3. The van der Waals surface area contributed by atoms with E-state index in [4.69, 9.17) is 21.6 Å². The normalized spacial score (nSPS) is 17.9. The molecule has 0 saturated carbocycles. The standard InChI is InChI=1S/C27H22ClF2N7/c1-15-32-10-11-36(15)27-25-26(37(14-34-25)19-7-9-33-18(12-19)6-8-31)20-13-21(28)22(23(30)24(20)35-27)16-2-4-17(29)5-3-16/h2-5,10-11,13-14,18-19,33H,6-7,9,12H2,1H3/t18-,19+/m1/s1. The highest BCUT2D eigenvalue weighted by Crippen LogP contribution is 2.40. The smallest absolute Gasteiger partial charge is 0.167 e. The Morgan fingerprint density at radius 2 is 2.00 bits per heavy atom. The van der Waals surface area contributed by atoms with Crippen molar-refractivity contribution in [3.63, 3.8) is 0 Å². The number of benzene rings is 2. The molecule has 1 fully saturated rings. The number of rotatable bonds is 4. The minimum Gasteiger partial charge on any atom is -0.327 e. The van der Waals surface area contributed by atoms with Gasteiger partial charge in [-0.1, -0.05) is 23.7 Å². The number of aryl methyl sites for hydroxylation is 1. The number of pyridine rings is 1. The van der Waals surface area contributed by atoms with Crippen LogP contribution in [0, 0.1) is 29.9 Å². The van der Waals surface area contributed by atoms with Crippen molar-refractivity contribution in [2.45, 2.75) is 38.3 Å². The molecule has 1 aliphatic heterocycles. The molecular formula is C27H22ClF2N7. The largest absolute Gasteiger partial charge is 0.327 e. The molecule has 0 unspecified atom stereocenters. The van der Waals surface area contributed by atoms with Gasteiger partial charge in [0.2, 0.25) is 0 Å². The van der Waals surface area contributed by atoms with Gasteiger partial charge in [0.05, 0.1) is 29.4 Å². The zero-order chi connectivity index (χ0) is 25.7. The average molecular weight is 518 g/mol. The molecule has 0 amide bonds. The number of hydrogen-bond acceptors (Lipinski definition) is 5. The fourth-order valence-electron chi connectivity index (χ4n) is 5.28. The van der Waals surface area contributed by atoms with E-state index < -0.39 is 11.6 Å². The molecule has 2 atom stereocenters. The molecule has 5 aromatic rings. The maximum Gasteiger partial charge on any atom is 0.167 e. The molecule has 4 heterocycles. The van der Waals surface area contributed by atoms with Crippen LogP contribution in [-0.4, -0.2) is 36.7 Å². The van der Waals surface area contributed by atoms with Crippen LogP contribution < -0.4 is 5.32 Å². The van der Waals surface area contributed by atoms with Crippen molar-refractivity contribution in [1.29, 1.82) is 5.26 Å². The number of halogens is 3. The molecule has 186 valence electrons. The maximum absolute atomic E-state index is 16.3. The lowest BCUT2D eigenvalue weighted by Gasteiger charge is -2.30. The van der Waals surface area contributed by atoms with Crippen LogP contribution in [-0.2, 0) is 0 Å². The molecule has 10 heteroatoms. The van der Waals surface area contributed by atoms with Gasteiger partial charge in [0, 0.05) is 35.4 Å². The Kier molecular flexibility index (Phi) is 5.86. The molecule has 0 radical (unpaired) electrons. The van der Waals surface area contributed by atoms with Crippen molar-refractivity contribution in [1.82, 2.24) is 29.4 Å². The molecule has 2 aromatic carbocycles. The van der Waals surface area contributed by atoms with Crippen LogP contribution in [0.3, 0.4) is 0 Å². The van der Waals surface area contributed by atoms with E-state index in [-0.39, 0.29) is 28.2 Å². The second-order valence-corrected chi connectivity index (χ2v) is 9.68. The van der Waals surface area contributed by atoms with Crippen molar-refractivity contribution >= 4 is 33.5 Å². The van der Waals surface area contributed by atoms with Crippen LogP contribution in [0.4, 0.5) is 8.78 Å². The summed E-state index contributed by atoms with van der Waals surface area (Å²) >= 11 is 6.66. The second kappa shape index (κ2) is 9.21. The highest BCUT2D eigenvalue weighted by molar-refractivity contribution is 6.34. The first-order valence-electron chi connectivity index (χ1n) is 12.0. The number of hydrogen-bond donors (Lipinski definition) is 1. The van der Waals surface area contributed by atoms with E-state index in [9.17, 15) is 9.65 Å². The molecule has 7 nitrogen and oxygen atoms in total. The van der Waals surface area contributed by atoms with Gasteiger partial charge in [-0.05, 0) is 50.1 Å². The average Bonchev–Trinajstić information content (AvgIpc) is 3.52. The van der Waals surface area contributed by atoms with Gasteiger partial charge < -0.3 is 9.88 Å². The van der Waals surface area contributed by atoms with Crippen molar-refractivity contribution in [2.75, 3.05) is 6.54 Å². The lowest BCUT2D eigenvalue weighted by molar-refractivity contribution is 0.307. The van der Waals surface area contributed by atoms with Crippen molar-refractivity contribution in [3.05, 3.63) is 71.5 Å². The Hall–Kier alpha value is -3.87. The highest BCUT2D eigenvalue weighted by atomic mass is 35.5. The van der Waals surface area contributed by atoms with E-state index >= 15 is 4.39 Å². The van der Waals surface area contributed by atoms with Crippen LogP contribution >= 0.6 is 11.6 Å². The predicted molar refractivity (Wildman–Crippen MR) is 138 cm³/mol. The van der Waals surface area contributed by atoms with Gasteiger partial charge in [-0.2, -0.15) is 5.26 Å². The molecule has 0 spiro atoms. The number of nitrogens with zero attached hydrogens (tertiary/aromatic N) is 6. The van der Waals surface area contributed by atoms with Gasteiger partial charge in [0.15, 0.2) is 11.6 Å². The lowest BCUT2D eigenvalue weighted by atomic mass is 9.96. The summed E-state index contributed by atoms with van der Waals surface area (Å²) in [7, 11) is 0. The van der Waals surface area contributed by atoms with Gasteiger partial charge in [-0.3, -0.25) is 4.57 Å². The molecular weight excluding hydrogens is 496 g/mol. The Balaban J connectivity index is 1.64. The monoisotopic (exact) mass is 517 g/mol. The minimum atomic E-state index is -0.588. The molecule has 1 saturated heterocycles.